The molecule has 0 aromatic rings. The maximum absolute atomic E-state index is 3.51. The van der Waals surface area contributed by atoms with Crippen LogP contribution in [0.25, 0.3) is 0 Å². The third-order valence-corrected chi connectivity index (χ3v) is 3.60. The lowest BCUT2D eigenvalue weighted by Crippen LogP contribution is -2.54. The summed E-state index contributed by atoms with van der Waals surface area (Å²) in [6, 6.07) is 1.54. The third kappa shape index (κ3) is 2.47. The second kappa shape index (κ2) is 4.60. The Hall–Kier alpha value is -0.120. The van der Waals surface area contributed by atoms with Crippen molar-refractivity contribution in [3.05, 3.63) is 0 Å². The Labute approximate surface area is 87.4 Å². The lowest BCUT2D eigenvalue weighted by Gasteiger charge is -2.41. The van der Waals surface area contributed by atoms with Gasteiger partial charge in [0.15, 0.2) is 0 Å². The minimum atomic E-state index is 0.684. The van der Waals surface area contributed by atoms with Crippen LogP contribution in [-0.4, -0.2) is 61.7 Å². The average molecular weight is 197 g/mol. The fourth-order valence-corrected chi connectivity index (χ4v) is 2.65. The van der Waals surface area contributed by atoms with Gasteiger partial charge in [-0.15, -0.1) is 0 Å². The van der Waals surface area contributed by atoms with Gasteiger partial charge >= 0.3 is 0 Å². The predicted molar refractivity (Wildman–Crippen MR) is 59.6 cm³/mol. The van der Waals surface area contributed by atoms with Crippen LogP contribution in [0, 0.1) is 0 Å². The fourth-order valence-electron chi connectivity index (χ4n) is 2.65. The Balaban J connectivity index is 1.82. The summed E-state index contributed by atoms with van der Waals surface area (Å²) in [5.74, 6) is 0. The van der Waals surface area contributed by atoms with E-state index < -0.39 is 0 Å². The van der Waals surface area contributed by atoms with Gasteiger partial charge in [-0.25, -0.2) is 0 Å². The van der Waals surface area contributed by atoms with Gasteiger partial charge in [-0.05, 0) is 39.9 Å². The van der Waals surface area contributed by atoms with Gasteiger partial charge in [0.05, 0.1) is 0 Å². The number of piperidine rings is 1. The first-order valence-electron chi connectivity index (χ1n) is 5.91. The Bertz CT molecular complexity index is 175. The van der Waals surface area contributed by atoms with Gasteiger partial charge in [-0.3, -0.25) is 4.90 Å². The molecular weight excluding hydrogens is 174 g/mol. The normalized spacial score (nSPS) is 33.4. The SMILES string of the molecule is C[C@@H]1CN(C2CCN(C)CC2)CCN1. The molecule has 0 saturated carbocycles. The minimum Gasteiger partial charge on any atom is -0.312 e. The van der Waals surface area contributed by atoms with Crippen molar-refractivity contribution >= 4 is 0 Å². The molecule has 0 aromatic heterocycles. The largest absolute Gasteiger partial charge is 0.312 e. The Kier molecular flexibility index (Phi) is 3.42. The highest BCUT2D eigenvalue weighted by molar-refractivity contribution is 4.84. The highest BCUT2D eigenvalue weighted by atomic mass is 15.2. The molecular formula is C11H23N3. The van der Waals surface area contributed by atoms with Crippen LogP contribution in [0.1, 0.15) is 19.8 Å². The first-order chi connectivity index (χ1) is 6.75. The monoisotopic (exact) mass is 197 g/mol. The highest BCUT2D eigenvalue weighted by Crippen LogP contribution is 2.16. The number of nitrogens with zero attached hydrogens (tertiary/aromatic N) is 2. The first kappa shape index (κ1) is 10.4. The van der Waals surface area contributed by atoms with Crippen LogP contribution < -0.4 is 5.32 Å². The van der Waals surface area contributed by atoms with E-state index in [0.29, 0.717) is 6.04 Å². The van der Waals surface area contributed by atoms with Crippen LogP contribution in [0.2, 0.25) is 0 Å². The molecule has 82 valence electrons. The smallest absolute Gasteiger partial charge is 0.0167 e. The van der Waals surface area contributed by atoms with E-state index in [-0.39, 0.29) is 0 Å². The van der Waals surface area contributed by atoms with Crippen LogP contribution in [0.5, 0.6) is 0 Å². The Morgan fingerprint density at radius 3 is 2.50 bits per heavy atom. The van der Waals surface area contributed by atoms with Gasteiger partial charge in [0, 0.05) is 31.7 Å². The quantitative estimate of drug-likeness (QED) is 0.655. The van der Waals surface area contributed by atoms with Crippen molar-refractivity contribution in [1.29, 1.82) is 0 Å². The summed E-state index contributed by atoms with van der Waals surface area (Å²) < 4.78 is 0. The van der Waals surface area contributed by atoms with Crippen LogP contribution >= 0.6 is 0 Å². The van der Waals surface area contributed by atoms with Crippen molar-refractivity contribution in [1.82, 2.24) is 15.1 Å². The average Bonchev–Trinajstić information content (AvgIpc) is 2.19. The van der Waals surface area contributed by atoms with Crippen molar-refractivity contribution in [2.75, 3.05) is 39.8 Å². The molecule has 2 rings (SSSR count). The van der Waals surface area contributed by atoms with Crippen LogP contribution in [0.4, 0.5) is 0 Å². The summed E-state index contributed by atoms with van der Waals surface area (Å²) in [6.45, 7) is 8.52. The number of nitrogens with one attached hydrogen (secondary N) is 1. The molecule has 1 atom stereocenters. The number of rotatable bonds is 1. The molecule has 0 unspecified atom stereocenters. The fraction of sp³-hybridized carbons (Fsp3) is 1.00. The molecule has 0 aliphatic carbocycles. The summed E-state index contributed by atoms with van der Waals surface area (Å²) in [7, 11) is 2.23. The third-order valence-electron chi connectivity index (χ3n) is 3.60. The summed E-state index contributed by atoms with van der Waals surface area (Å²) in [5, 5.41) is 3.51. The van der Waals surface area contributed by atoms with Crippen LogP contribution in [0.3, 0.4) is 0 Å². The van der Waals surface area contributed by atoms with Crippen LogP contribution in [0.15, 0.2) is 0 Å². The molecule has 0 radical (unpaired) electrons. The zero-order chi connectivity index (χ0) is 9.97. The molecule has 1 N–H and O–H groups in total. The van der Waals surface area contributed by atoms with Crippen molar-refractivity contribution in [3.63, 3.8) is 0 Å². The summed E-state index contributed by atoms with van der Waals surface area (Å²) in [6.07, 6.45) is 2.73. The second-order valence-electron chi connectivity index (χ2n) is 4.88. The second-order valence-corrected chi connectivity index (χ2v) is 4.88. The molecule has 0 aromatic carbocycles. The Morgan fingerprint density at radius 2 is 1.86 bits per heavy atom. The number of hydrogen-bond donors (Lipinski definition) is 1. The molecule has 2 fully saturated rings. The molecule has 2 aliphatic heterocycles. The van der Waals surface area contributed by atoms with E-state index in [1.807, 2.05) is 0 Å². The molecule has 2 aliphatic rings. The molecule has 0 spiro atoms. The van der Waals surface area contributed by atoms with E-state index in [0.717, 1.165) is 6.04 Å². The molecule has 0 amide bonds. The highest BCUT2D eigenvalue weighted by Gasteiger charge is 2.25. The summed E-state index contributed by atoms with van der Waals surface area (Å²) >= 11 is 0. The molecule has 2 heterocycles. The molecule has 14 heavy (non-hydrogen) atoms. The van der Waals surface area contributed by atoms with Crippen molar-refractivity contribution in [3.8, 4) is 0 Å². The van der Waals surface area contributed by atoms with E-state index in [1.165, 1.54) is 45.6 Å². The lowest BCUT2D eigenvalue weighted by atomic mass is 10.0. The summed E-state index contributed by atoms with van der Waals surface area (Å²) in [4.78, 5) is 5.14. The van der Waals surface area contributed by atoms with E-state index in [4.69, 9.17) is 0 Å². The van der Waals surface area contributed by atoms with Crippen LogP contribution in [-0.2, 0) is 0 Å². The van der Waals surface area contributed by atoms with Crippen molar-refractivity contribution in [2.45, 2.75) is 31.8 Å². The van der Waals surface area contributed by atoms with E-state index >= 15 is 0 Å². The Morgan fingerprint density at radius 1 is 1.14 bits per heavy atom. The van der Waals surface area contributed by atoms with Crippen molar-refractivity contribution in [2.24, 2.45) is 0 Å². The lowest BCUT2D eigenvalue weighted by molar-refractivity contribution is 0.0950. The standard InChI is InChI=1S/C11H23N3/c1-10-9-14(8-5-12-10)11-3-6-13(2)7-4-11/h10-12H,3-9H2,1-2H3/t10-/m1/s1. The van der Waals surface area contributed by atoms with E-state index in [1.54, 1.807) is 0 Å². The summed E-state index contributed by atoms with van der Waals surface area (Å²) in [5.41, 5.74) is 0. The minimum absolute atomic E-state index is 0.684. The predicted octanol–water partition coefficient (Wildman–Crippen LogP) is 0.374. The van der Waals surface area contributed by atoms with Gasteiger partial charge < -0.3 is 10.2 Å². The maximum Gasteiger partial charge on any atom is 0.0167 e. The first-order valence-corrected chi connectivity index (χ1v) is 5.91. The molecule has 2 saturated heterocycles. The van der Waals surface area contributed by atoms with Gasteiger partial charge in [0.2, 0.25) is 0 Å². The molecule has 0 bridgehead atoms. The molecule has 3 nitrogen and oxygen atoms in total. The number of likely N-dealkylation sites (tertiary alicyclic amines) is 1. The van der Waals surface area contributed by atoms with Gasteiger partial charge in [0.25, 0.3) is 0 Å². The topological polar surface area (TPSA) is 18.5 Å². The van der Waals surface area contributed by atoms with Gasteiger partial charge in [-0.1, -0.05) is 0 Å². The van der Waals surface area contributed by atoms with E-state index in [9.17, 15) is 0 Å². The van der Waals surface area contributed by atoms with Crippen molar-refractivity contribution < 1.29 is 0 Å². The zero-order valence-electron chi connectivity index (χ0n) is 9.50. The number of hydrogen-bond acceptors (Lipinski definition) is 3. The molecule has 3 heteroatoms. The van der Waals surface area contributed by atoms with Gasteiger partial charge in [-0.2, -0.15) is 0 Å². The number of piperazine rings is 1. The van der Waals surface area contributed by atoms with E-state index in [2.05, 4.69) is 29.1 Å². The van der Waals surface area contributed by atoms with Gasteiger partial charge in [0.1, 0.15) is 0 Å². The maximum atomic E-state index is 3.51. The zero-order valence-corrected chi connectivity index (χ0v) is 9.50.